The van der Waals surface area contributed by atoms with Crippen LogP contribution in [0.3, 0.4) is 0 Å². The van der Waals surface area contributed by atoms with Crippen molar-refractivity contribution in [2.45, 2.75) is 13.1 Å². The molecule has 0 saturated heterocycles. The molecule has 0 saturated carbocycles. The molecule has 0 aliphatic rings. The third-order valence-corrected chi connectivity index (χ3v) is 5.52. The van der Waals surface area contributed by atoms with Crippen LogP contribution in [-0.2, 0) is 11.0 Å². The maximum atomic E-state index is 12.9. The highest BCUT2D eigenvalue weighted by Gasteiger charge is 2.30. The fraction of sp³-hybridized carbons (Fsp3) is 0.0833. The molecule has 1 amide bonds. The Labute approximate surface area is 202 Å². The average molecular weight is 507 g/mol. The summed E-state index contributed by atoms with van der Waals surface area (Å²) in [6, 6.07) is 15.7. The van der Waals surface area contributed by atoms with Gasteiger partial charge >= 0.3 is 6.18 Å². The Morgan fingerprint density at radius 3 is 2.24 bits per heavy atom. The standard InChI is InChI=1S/C24H15Cl2F3N2O3/c1-14-23(22(30-34-14)21-19(25)6-3-7-20(21)26)31(13-32)16-8-10-17(11-9-16)33-18-5-2-4-15(12-18)24(27,28)29/h2-13H,1H3. The number of ether oxygens (including phenoxy) is 1. The minimum absolute atomic E-state index is 0.0281. The molecule has 1 aromatic heterocycles. The van der Waals surface area contributed by atoms with Crippen LogP contribution in [0.15, 0.2) is 71.3 Å². The lowest BCUT2D eigenvalue weighted by Crippen LogP contribution is -2.15. The maximum Gasteiger partial charge on any atom is 0.416 e. The van der Waals surface area contributed by atoms with E-state index < -0.39 is 11.7 Å². The zero-order chi connectivity index (χ0) is 24.5. The monoisotopic (exact) mass is 506 g/mol. The van der Waals surface area contributed by atoms with Crippen molar-refractivity contribution in [2.24, 2.45) is 0 Å². The molecular formula is C24H15Cl2F3N2O3. The van der Waals surface area contributed by atoms with E-state index in [1.807, 2.05) is 0 Å². The van der Waals surface area contributed by atoms with Gasteiger partial charge < -0.3 is 9.26 Å². The van der Waals surface area contributed by atoms with Crippen LogP contribution < -0.4 is 9.64 Å². The highest BCUT2D eigenvalue weighted by Crippen LogP contribution is 2.43. The molecule has 0 aliphatic heterocycles. The van der Waals surface area contributed by atoms with Gasteiger partial charge in [0.15, 0.2) is 5.76 Å². The smallest absolute Gasteiger partial charge is 0.416 e. The van der Waals surface area contributed by atoms with Gasteiger partial charge in [0.1, 0.15) is 22.9 Å². The summed E-state index contributed by atoms with van der Waals surface area (Å²) >= 11 is 12.6. The van der Waals surface area contributed by atoms with Crippen molar-refractivity contribution in [2.75, 3.05) is 4.90 Å². The van der Waals surface area contributed by atoms with Gasteiger partial charge in [0, 0.05) is 11.3 Å². The second-order valence-corrected chi connectivity index (χ2v) is 7.94. The Hall–Kier alpha value is -3.49. The van der Waals surface area contributed by atoms with E-state index in [9.17, 15) is 18.0 Å². The van der Waals surface area contributed by atoms with Crippen LogP contribution in [-0.4, -0.2) is 11.6 Å². The third kappa shape index (κ3) is 4.73. The third-order valence-electron chi connectivity index (χ3n) is 4.89. The second kappa shape index (κ2) is 9.40. The van der Waals surface area contributed by atoms with E-state index in [0.29, 0.717) is 39.2 Å². The quantitative estimate of drug-likeness (QED) is 0.248. The SMILES string of the molecule is Cc1onc(-c2c(Cl)cccc2Cl)c1N(C=O)c1ccc(Oc2cccc(C(F)(F)F)c2)cc1. The van der Waals surface area contributed by atoms with Crippen molar-refractivity contribution >= 4 is 41.0 Å². The topological polar surface area (TPSA) is 55.6 Å². The predicted molar refractivity (Wildman–Crippen MR) is 123 cm³/mol. The van der Waals surface area contributed by atoms with Gasteiger partial charge in [-0.25, -0.2) is 0 Å². The molecule has 0 spiro atoms. The molecule has 174 valence electrons. The van der Waals surface area contributed by atoms with Crippen LogP contribution in [0.1, 0.15) is 11.3 Å². The highest BCUT2D eigenvalue weighted by atomic mass is 35.5. The number of halogens is 5. The second-order valence-electron chi connectivity index (χ2n) is 7.13. The summed E-state index contributed by atoms with van der Waals surface area (Å²) in [7, 11) is 0. The van der Waals surface area contributed by atoms with E-state index in [4.69, 9.17) is 32.5 Å². The van der Waals surface area contributed by atoms with Gasteiger partial charge in [-0.05, 0) is 61.5 Å². The van der Waals surface area contributed by atoms with Crippen LogP contribution in [0.5, 0.6) is 11.5 Å². The molecule has 0 bridgehead atoms. The van der Waals surface area contributed by atoms with Gasteiger partial charge in [0.2, 0.25) is 6.41 Å². The van der Waals surface area contributed by atoms with E-state index in [1.54, 1.807) is 37.3 Å². The molecule has 0 atom stereocenters. The van der Waals surface area contributed by atoms with E-state index in [0.717, 1.165) is 12.1 Å². The summed E-state index contributed by atoms with van der Waals surface area (Å²) in [5, 5.41) is 4.70. The Bertz CT molecular complexity index is 1320. The fourth-order valence-electron chi connectivity index (χ4n) is 3.33. The zero-order valence-corrected chi connectivity index (χ0v) is 18.9. The molecule has 0 fully saturated rings. The summed E-state index contributed by atoms with van der Waals surface area (Å²) in [6.45, 7) is 1.64. The largest absolute Gasteiger partial charge is 0.457 e. The lowest BCUT2D eigenvalue weighted by atomic mass is 10.1. The van der Waals surface area contributed by atoms with Crippen molar-refractivity contribution in [1.29, 1.82) is 0 Å². The van der Waals surface area contributed by atoms with Crippen molar-refractivity contribution < 1.29 is 27.2 Å². The Kier molecular flexibility index (Phi) is 6.54. The van der Waals surface area contributed by atoms with Gasteiger partial charge in [0.25, 0.3) is 0 Å². The maximum absolute atomic E-state index is 12.9. The summed E-state index contributed by atoms with van der Waals surface area (Å²) in [4.78, 5) is 13.4. The molecule has 0 N–H and O–H groups in total. The molecule has 34 heavy (non-hydrogen) atoms. The van der Waals surface area contributed by atoms with E-state index >= 15 is 0 Å². The number of carbonyl (C=O) groups is 1. The first-order valence-electron chi connectivity index (χ1n) is 9.79. The van der Waals surface area contributed by atoms with Crippen molar-refractivity contribution in [3.63, 3.8) is 0 Å². The molecule has 1 heterocycles. The van der Waals surface area contributed by atoms with Crippen LogP contribution in [0, 0.1) is 6.92 Å². The Balaban J connectivity index is 1.65. The molecule has 0 radical (unpaired) electrons. The molecule has 4 aromatic rings. The van der Waals surface area contributed by atoms with Crippen molar-refractivity contribution in [3.8, 4) is 22.8 Å². The Morgan fingerprint density at radius 2 is 1.62 bits per heavy atom. The summed E-state index contributed by atoms with van der Waals surface area (Å²) in [5.41, 5.74) is 0.652. The first kappa shape index (κ1) is 23.7. The number of carbonyl (C=O) groups excluding carboxylic acids is 1. The molecular weight excluding hydrogens is 492 g/mol. The first-order valence-corrected chi connectivity index (χ1v) is 10.5. The van der Waals surface area contributed by atoms with E-state index in [1.165, 1.54) is 29.2 Å². The van der Waals surface area contributed by atoms with Crippen LogP contribution in [0.4, 0.5) is 24.5 Å². The molecule has 0 unspecified atom stereocenters. The fourth-order valence-corrected chi connectivity index (χ4v) is 3.91. The number of alkyl halides is 3. The number of rotatable bonds is 6. The summed E-state index contributed by atoms with van der Waals surface area (Å²) in [6.07, 6.45) is -3.90. The van der Waals surface area contributed by atoms with Crippen molar-refractivity contribution in [1.82, 2.24) is 5.16 Å². The predicted octanol–water partition coefficient (Wildman–Crippen LogP) is 8.06. The lowest BCUT2D eigenvalue weighted by molar-refractivity contribution is -0.137. The minimum Gasteiger partial charge on any atom is -0.457 e. The minimum atomic E-state index is -4.48. The Morgan fingerprint density at radius 1 is 0.971 bits per heavy atom. The molecule has 3 aromatic carbocycles. The van der Waals surface area contributed by atoms with Crippen LogP contribution >= 0.6 is 23.2 Å². The number of hydrogen-bond acceptors (Lipinski definition) is 4. The number of nitrogens with zero attached hydrogens (tertiary/aromatic N) is 2. The zero-order valence-electron chi connectivity index (χ0n) is 17.4. The lowest BCUT2D eigenvalue weighted by Gasteiger charge is -2.19. The summed E-state index contributed by atoms with van der Waals surface area (Å²) < 4.78 is 49.7. The number of hydrogen-bond donors (Lipinski definition) is 0. The van der Waals surface area contributed by atoms with E-state index in [2.05, 4.69) is 5.16 Å². The first-order chi connectivity index (χ1) is 16.2. The highest BCUT2D eigenvalue weighted by molar-refractivity contribution is 6.39. The number of aromatic nitrogens is 1. The molecule has 0 aliphatic carbocycles. The molecule has 10 heteroatoms. The van der Waals surface area contributed by atoms with Crippen molar-refractivity contribution in [3.05, 3.63) is 88.1 Å². The summed E-state index contributed by atoms with van der Waals surface area (Å²) in [5.74, 6) is 0.660. The van der Waals surface area contributed by atoms with Gasteiger partial charge in [-0.3, -0.25) is 9.69 Å². The van der Waals surface area contributed by atoms with Crippen LogP contribution in [0.25, 0.3) is 11.3 Å². The van der Waals surface area contributed by atoms with Gasteiger partial charge in [-0.1, -0.05) is 40.5 Å². The normalized spacial score (nSPS) is 11.4. The van der Waals surface area contributed by atoms with E-state index in [-0.39, 0.29) is 17.2 Å². The van der Waals surface area contributed by atoms with Gasteiger partial charge in [0.05, 0.1) is 15.6 Å². The molecule has 5 nitrogen and oxygen atoms in total. The van der Waals surface area contributed by atoms with Gasteiger partial charge in [-0.2, -0.15) is 13.2 Å². The molecule has 4 rings (SSSR count). The average Bonchev–Trinajstić information content (AvgIpc) is 3.16. The number of benzene rings is 3. The number of aryl methyl sites for hydroxylation is 1. The number of anilines is 2. The number of amides is 1. The van der Waals surface area contributed by atoms with Crippen LogP contribution in [0.2, 0.25) is 10.0 Å². The van der Waals surface area contributed by atoms with Gasteiger partial charge in [-0.15, -0.1) is 0 Å².